The van der Waals surface area contributed by atoms with Crippen LogP contribution in [0.4, 0.5) is 0 Å². The van der Waals surface area contributed by atoms with Gasteiger partial charge >= 0.3 is 0 Å². The van der Waals surface area contributed by atoms with Crippen molar-refractivity contribution in [1.82, 2.24) is 9.80 Å². The van der Waals surface area contributed by atoms with E-state index in [2.05, 4.69) is 34.6 Å². The summed E-state index contributed by atoms with van der Waals surface area (Å²) in [6.07, 6.45) is 0. The third-order valence-electron chi connectivity index (χ3n) is 2.61. The van der Waals surface area contributed by atoms with Crippen LogP contribution >= 0.6 is 0 Å². The molecule has 0 radical (unpaired) electrons. The van der Waals surface area contributed by atoms with Crippen molar-refractivity contribution in [3.8, 4) is 0 Å². The summed E-state index contributed by atoms with van der Waals surface area (Å²) >= 11 is 0. The van der Waals surface area contributed by atoms with Gasteiger partial charge in [-0.2, -0.15) is 0 Å². The van der Waals surface area contributed by atoms with Crippen molar-refractivity contribution >= 4 is 11.8 Å². The van der Waals surface area contributed by atoms with Crippen molar-refractivity contribution in [3.05, 3.63) is 0 Å². The number of piperazine rings is 1. The highest BCUT2D eigenvalue weighted by molar-refractivity contribution is 5.92. The SMILES string of the molecule is CC(C)CN1CC(=O)N(CC(C)(C)C)CC1=O. The first-order chi connectivity index (χ1) is 7.69. The first kappa shape index (κ1) is 14.0. The Morgan fingerprint density at radius 1 is 1.06 bits per heavy atom. The van der Waals surface area contributed by atoms with Crippen LogP contribution in [0.2, 0.25) is 0 Å². The highest BCUT2D eigenvalue weighted by Gasteiger charge is 2.31. The maximum atomic E-state index is 11.9. The minimum atomic E-state index is 0.0379. The number of carbonyl (C=O) groups excluding carboxylic acids is 2. The number of hydrogen-bond donors (Lipinski definition) is 0. The first-order valence-corrected chi connectivity index (χ1v) is 6.24. The van der Waals surface area contributed by atoms with E-state index < -0.39 is 0 Å². The lowest BCUT2D eigenvalue weighted by molar-refractivity contribution is -0.151. The molecule has 4 nitrogen and oxygen atoms in total. The van der Waals surface area contributed by atoms with E-state index in [9.17, 15) is 9.59 Å². The number of rotatable bonds is 3. The van der Waals surface area contributed by atoms with Gasteiger partial charge in [0.2, 0.25) is 11.8 Å². The Morgan fingerprint density at radius 2 is 1.53 bits per heavy atom. The fourth-order valence-electron chi connectivity index (χ4n) is 2.03. The van der Waals surface area contributed by atoms with Gasteiger partial charge in [-0.1, -0.05) is 34.6 Å². The maximum Gasteiger partial charge on any atom is 0.242 e. The Kier molecular flexibility index (Phi) is 4.17. The van der Waals surface area contributed by atoms with Crippen LogP contribution < -0.4 is 0 Å². The van der Waals surface area contributed by atoms with E-state index in [1.807, 2.05) is 0 Å². The van der Waals surface area contributed by atoms with Gasteiger partial charge in [0.1, 0.15) is 0 Å². The second kappa shape index (κ2) is 5.07. The smallest absolute Gasteiger partial charge is 0.242 e. The molecule has 0 unspecified atom stereocenters. The van der Waals surface area contributed by atoms with E-state index in [0.717, 1.165) is 0 Å². The lowest BCUT2D eigenvalue weighted by Gasteiger charge is -2.37. The minimum absolute atomic E-state index is 0.0379. The average Bonchev–Trinajstić information content (AvgIpc) is 2.10. The Balaban J connectivity index is 2.61. The van der Waals surface area contributed by atoms with E-state index in [4.69, 9.17) is 0 Å². The summed E-state index contributed by atoms with van der Waals surface area (Å²) < 4.78 is 0. The van der Waals surface area contributed by atoms with Gasteiger partial charge in [0, 0.05) is 13.1 Å². The summed E-state index contributed by atoms with van der Waals surface area (Å²) in [5.74, 6) is 0.545. The summed E-state index contributed by atoms with van der Waals surface area (Å²) in [4.78, 5) is 27.2. The summed E-state index contributed by atoms with van der Waals surface area (Å²) in [5.41, 5.74) is 0.0379. The molecule has 4 heteroatoms. The van der Waals surface area contributed by atoms with E-state index >= 15 is 0 Å². The van der Waals surface area contributed by atoms with Gasteiger partial charge in [-0.05, 0) is 11.3 Å². The molecule has 1 fully saturated rings. The molecule has 1 saturated heterocycles. The molecule has 0 aromatic carbocycles. The van der Waals surface area contributed by atoms with Crippen LogP contribution in [-0.2, 0) is 9.59 Å². The number of hydrogen-bond acceptors (Lipinski definition) is 2. The van der Waals surface area contributed by atoms with Crippen LogP contribution in [0, 0.1) is 11.3 Å². The third-order valence-corrected chi connectivity index (χ3v) is 2.61. The normalized spacial score (nSPS) is 18.2. The van der Waals surface area contributed by atoms with Crippen molar-refractivity contribution in [1.29, 1.82) is 0 Å². The Hall–Kier alpha value is -1.06. The highest BCUT2D eigenvalue weighted by atomic mass is 16.2. The maximum absolute atomic E-state index is 11.9. The van der Waals surface area contributed by atoms with Crippen molar-refractivity contribution in [2.75, 3.05) is 26.2 Å². The molecule has 0 saturated carbocycles. The fourth-order valence-corrected chi connectivity index (χ4v) is 2.03. The molecule has 0 N–H and O–H groups in total. The molecule has 17 heavy (non-hydrogen) atoms. The van der Waals surface area contributed by atoms with Crippen LogP contribution in [0.3, 0.4) is 0 Å². The summed E-state index contributed by atoms with van der Waals surface area (Å²) in [7, 11) is 0. The third kappa shape index (κ3) is 4.36. The topological polar surface area (TPSA) is 40.6 Å². The number of nitrogens with zero attached hydrogens (tertiary/aromatic N) is 2. The zero-order valence-electron chi connectivity index (χ0n) is 11.6. The van der Waals surface area contributed by atoms with E-state index in [1.165, 1.54) is 0 Å². The van der Waals surface area contributed by atoms with Gasteiger partial charge in [-0.25, -0.2) is 0 Å². The molecule has 0 aromatic heterocycles. The molecule has 0 bridgehead atoms. The highest BCUT2D eigenvalue weighted by Crippen LogP contribution is 2.17. The molecule has 0 spiro atoms. The Bertz CT molecular complexity index is 305. The molecule has 1 aliphatic heterocycles. The van der Waals surface area contributed by atoms with Crippen molar-refractivity contribution < 1.29 is 9.59 Å². The molecule has 1 heterocycles. The Labute approximate surface area is 104 Å². The van der Waals surface area contributed by atoms with Crippen LogP contribution in [0.15, 0.2) is 0 Å². The molecular weight excluding hydrogens is 216 g/mol. The molecule has 2 amide bonds. The molecule has 1 aliphatic rings. The summed E-state index contributed by atoms with van der Waals surface area (Å²) in [6, 6.07) is 0. The molecule has 98 valence electrons. The van der Waals surface area contributed by atoms with Gasteiger partial charge in [0.25, 0.3) is 0 Å². The largest absolute Gasteiger partial charge is 0.332 e. The van der Waals surface area contributed by atoms with Crippen LogP contribution in [0.5, 0.6) is 0 Å². The summed E-state index contributed by atoms with van der Waals surface area (Å²) in [6.45, 7) is 12.1. The molecular formula is C13H24N2O2. The standard InChI is InChI=1S/C13H24N2O2/c1-10(2)6-14-7-12(17)15(8-11(14)16)9-13(3,4)5/h10H,6-9H2,1-5H3. The summed E-state index contributed by atoms with van der Waals surface area (Å²) in [5, 5.41) is 0. The minimum Gasteiger partial charge on any atom is -0.332 e. The predicted octanol–water partition coefficient (Wildman–Crippen LogP) is 1.36. The fraction of sp³-hybridized carbons (Fsp3) is 0.846. The van der Waals surface area contributed by atoms with Gasteiger partial charge < -0.3 is 9.80 Å². The van der Waals surface area contributed by atoms with E-state index in [-0.39, 0.29) is 30.3 Å². The lowest BCUT2D eigenvalue weighted by Crippen LogP contribution is -2.56. The van der Waals surface area contributed by atoms with Gasteiger partial charge in [0.05, 0.1) is 13.1 Å². The van der Waals surface area contributed by atoms with E-state index in [0.29, 0.717) is 19.0 Å². The van der Waals surface area contributed by atoms with E-state index in [1.54, 1.807) is 9.80 Å². The zero-order valence-corrected chi connectivity index (χ0v) is 11.6. The molecule has 0 atom stereocenters. The van der Waals surface area contributed by atoms with Gasteiger partial charge in [-0.15, -0.1) is 0 Å². The monoisotopic (exact) mass is 240 g/mol. The first-order valence-electron chi connectivity index (χ1n) is 6.24. The van der Waals surface area contributed by atoms with Gasteiger partial charge in [-0.3, -0.25) is 9.59 Å². The zero-order chi connectivity index (χ0) is 13.2. The molecule has 0 aliphatic carbocycles. The molecule has 1 rings (SSSR count). The average molecular weight is 240 g/mol. The number of carbonyl (C=O) groups is 2. The lowest BCUT2D eigenvalue weighted by atomic mass is 9.95. The van der Waals surface area contributed by atoms with Crippen LogP contribution in [0.1, 0.15) is 34.6 Å². The second-order valence-corrected chi connectivity index (χ2v) is 6.48. The van der Waals surface area contributed by atoms with Crippen molar-refractivity contribution in [2.45, 2.75) is 34.6 Å². The predicted molar refractivity (Wildman–Crippen MR) is 67.5 cm³/mol. The quantitative estimate of drug-likeness (QED) is 0.747. The van der Waals surface area contributed by atoms with Crippen molar-refractivity contribution in [3.63, 3.8) is 0 Å². The number of amides is 2. The van der Waals surface area contributed by atoms with Crippen LogP contribution in [-0.4, -0.2) is 47.8 Å². The van der Waals surface area contributed by atoms with Crippen molar-refractivity contribution in [2.24, 2.45) is 11.3 Å². The Morgan fingerprint density at radius 3 is 2.00 bits per heavy atom. The van der Waals surface area contributed by atoms with Crippen LogP contribution in [0.25, 0.3) is 0 Å². The van der Waals surface area contributed by atoms with Gasteiger partial charge in [0.15, 0.2) is 0 Å². The molecule has 0 aromatic rings. The second-order valence-electron chi connectivity index (χ2n) is 6.48.